The van der Waals surface area contributed by atoms with Gasteiger partial charge in [-0.1, -0.05) is 35.9 Å². The summed E-state index contributed by atoms with van der Waals surface area (Å²) in [5.74, 6) is 0.765. The Kier molecular flexibility index (Phi) is 4.14. The molecule has 0 spiro atoms. The molecule has 23 heavy (non-hydrogen) atoms. The number of nitriles is 1. The van der Waals surface area contributed by atoms with Crippen LogP contribution in [0.1, 0.15) is 22.3 Å². The van der Waals surface area contributed by atoms with Crippen molar-refractivity contribution in [2.24, 2.45) is 0 Å². The van der Waals surface area contributed by atoms with Crippen molar-refractivity contribution < 1.29 is 4.74 Å². The molecule has 1 heterocycles. The van der Waals surface area contributed by atoms with E-state index in [4.69, 9.17) is 4.74 Å². The molecular weight excluding hydrogens is 304 g/mol. The lowest BCUT2D eigenvalue weighted by Gasteiger charge is -2.07. The average molecular weight is 320 g/mol. The van der Waals surface area contributed by atoms with Crippen molar-refractivity contribution in [2.75, 3.05) is 0 Å². The molecule has 0 bridgehead atoms. The molecule has 0 saturated carbocycles. The maximum Gasteiger partial charge on any atom is 0.218 e. The molecule has 0 aliphatic heterocycles. The highest BCUT2D eigenvalue weighted by Gasteiger charge is 2.18. The summed E-state index contributed by atoms with van der Waals surface area (Å²) in [6.07, 6.45) is 0. The molecule has 0 amide bonds. The number of ether oxygens (including phenoxy) is 1. The Morgan fingerprint density at radius 2 is 1.83 bits per heavy atom. The predicted molar refractivity (Wildman–Crippen MR) is 93.0 cm³/mol. The number of rotatable bonds is 3. The molecule has 0 atom stereocenters. The van der Waals surface area contributed by atoms with Crippen LogP contribution in [0.3, 0.4) is 0 Å². The fourth-order valence-electron chi connectivity index (χ4n) is 2.35. The Labute approximate surface area is 140 Å². The second-order valence-corrected chi connectivity index (χ2v) is 6.28. The molecule has 0 unspecified atom stereocenters. The number of hydrogen-bond acceptors (Lipinski definition) is 4. The molecule has 3 aromatic rings. The zero-order valence-electron chi connectivity index (χ0n) is 13.3. The highest BCUT2D eigenvalue weighted by Crippen LogP contribution is 2.37. The Morgan fingerprint density at radius 1 is 1.04 bits per heavy atom. The van der Waals surface area contributed by atoms with Gasteiger partial charge in [0.25, 0.3) is 0 Å². The first-order valence-corrected chi connectivity index (χ1v) is 8.07. The summed E-state index contributed by atoms with van der Waals surface area (Å²) in [6.45, 7) is 6.03. The topological polar surface area (TPSA) is 45.9 Å². The van der Waals surface area contributed by atoms with Crippen LogP contribution in [0, 0.1) is 32.1 Å². The van der Waals surface area contributed by atoms with Crippen LogP contribution in [0.4, 0.5) is 0 Å². The van der Waals surface area contributed by atoms with Crippen molar-refractivity contribution in [3.63, 3.8) is 0 Å². The van der Waals surface area contributed by atoms with Crippen LogP contribution in [0.25, 0.3) is 11.3 Å². The van der Waals surface area contributed by atoms with Crippen molar-refractivity contribution in [3.8, 4) is 28.1 Å². The molecule has 2 aromatic carbocycles. The Balaban J connectivity index is 2.02. The summed E-state index contributed by atoms with van der Waals surface area (Å²) >= 11 is 1.22. The lowest BCUT2D eigenvalue weighted by Crippen LogP contribution is -1.89. The van der Waals surface area contributed by atoms with Crippen molar-refractivity contribution >= 4 is 11.5 Å². The standard InChI is InChI=1S/C19H16N2OS/c1-12-5-4-6-15(9-12)18-16(11-20)19(23-21-18)22-17-10-13(2)7-8-14(17)3/h4-10H,1-3H3. The number of aryl methyl sites for hydroxylation is 3. The number of nitrogens with zero attached hydrogens (tertiary/aromatic N) is 2. The van der Waals surface area contributed by atoms with Gasteiger partial charge in [-0.15, -0.1) is 0 Å². The number of aromatic nitrogens is 1. The van der Waals surface area contributed by atoms with E-state index < -0.39 is 0 Å². The van der Waals surface area contributed by atoms with Gasteiger partial charge in [0.2, 0.25) is 5.06 Å². The molecule has 0 aliphatic rings. The lowest BCUT2D eigenvalue weighted by molar-refractivity contribution is 0.491. The van der Waals surface area contributed by atoms with Gasteiger partial charge in [-0.3, -0.25) is 0 Å². The van der Waals surface area contributed by atoms with E-state index >= 15 is 0 Å². The van der Waals surface area contributed by atoms with Gasteiger partial charge in [0.1, 0.15) is 23.1 Å². The van der Waals surface area contributed by atoms with Crippen LogP contribution < -0.4 is 4.74 Å². The minimum Gasteiger partial charge on any atom is -0.443 e. The van der Waals surface area contributed by atoms with Crippen LogP contribution in [0.2, 0.25) is 0 Å². The van der Waals surface area contributed by atoms with Gasteiger partial charge in [0, 0.05) is 17.1 Å². The molecule has 1 aromatic heterocycles. The monoisotopic (exact) mass is 320 g/mol. The van der Waals surface area contributed by atoms with E-state index in [0.29, 0.717) is 16.3 Å². The van der Waals surface area contributed by atoms with Crippen LogP contribution in [0.5, 0.6) is 10.8 Å². The summed E-state index contributed by atoms with van der Waals surface area (Å²) in [6, 6.07) is 16.2. The fourth-order valence-corrected chi connectivity index (χ4v) is 3.08. The summed E-state index contributed by atoms with van der Waals surface area (Å²) in [4.78, 5) is 0. The maximum absolute atomic E-state index is 9.56. The molecule has 114 valence electrons. The summed E-state index contributed by atoms with van der Waals surface area (Å²) in [7, 11) is 0. The lowest BCUT2D eigenvalue weighted by atomic mass is 10.1. The summed E-state index contributed by atoms with van der Waals surface area (Å²) in [5, 5.41) is 10.1. The molecule has 0 radical (unpaired) electrons. The van der Waals surface area contributed by atoms with Crippen LogP contribution in [0.15, 0.2) is 42.5 Å². The van der Waals surface area contributed by atoms with E-state index in [1.165, 1.54) is 11.5 Å². The Bertz CT molecular complexity index is 906. The third-order valence-corrected chi connectivity index (χ3v) is 4.34. The molecule has 0 saturated heterocycles. The zero-order valence-corrected chi connectivity index (χ0v) is 14.1. The Morgan fingerprint density at radius 3 is 2.57 bits per heavy atom. The van der Waals surface area contributed by atoms with Crippen LogP contribution >= 0.6 is 11.5 Å². The van der Waals surface area contributed by atoms with Gasteiger partial charge < -0.3 is 4.74 Å². The van der Waals surface area contributed by atoms with E-state index in [1.807, 2.05) is 63.2 Å². The highest BCUT2D eigenvalue weighted by atomic mass is 32.1. The first-order chi connectivity index (χ1) is 11.1. The van der Waals surface area contributed by atoms with Gasteiger partial charge in [0.05, 0.1) is 0 Å². The van der Waals surface area contributed by atoms with E-state index in [0.717, 1.165) is 28.0 Å². The minimum atomic E-state index is 0.488. The maximum atomic E-state index is 9.56. The fraction of sp³-hybridized carbons (Fsp3) is 0.158. The van der Waals surface area contributed by atoms with Crippen molar-refractivity contribution in [2.45, 2.75) is 20.8 Å². The molecule has 3 nitrogen and oxygen atoms in total. The molecule has 3 rings (SSSR count). The molecule has 0 aliphatic carbocycles. The molecular formula is C19H16N2OS. The third-order valence-electron chi connectivity index (χ3n) is 3.61. The van der Waals surface area contributed by atoms with E-state index in [9.17, 15) is 5.26 Å². The predicted octanol–water partition coefficient (Wildman–Crippen LogP) is 5.40. The minimum absolute atomic E-state index is 0.488. The van der Waals surface area contributed by atoms with Crippen LogP contribution in [-0.4, -0.2) is 4.37 Å². The van der Waals surface area contributed by atoms with Gasteiger partial charge in [0.15, 0.2) is 0 Å². The number of benzene rings is 2. The van der Waals surface area contributed by atoms with E-state index in [1.54, 1.807) is 0 Å². The quantitative estimate of drug-likeness (QED) is 0.649. The Hall–Kier alpha value is -2.64. The summed E-state index contributed by atoms with van der Waals surface area (Å²) in [5.41, 5.74) is 5.39. The average Bonchev–Trinajstić information content (AvgIpc) is 2.93. The van der Waals surface area contributed by atoms with Crippen molar-refractivity contribution in [1.29, 1.82) is 5.26 Å². The summed E-state index contributed by atoms with van der Waals surface area (Å²) < 4.78 is 10.4. The second-order valence-electron chi connectivity index (χ2n) is 5.55. The van der Waals surface area contributed by atoms with Crippen LogP contribution in [-0.2, 0) is 0 Å². The van der Waals surface area contributed by atoms with Crippen molar-refractivity contribution in [3.05, 3.63) is 64.7 Å². The van der Waals surface area contributed by atoms with E-state index in [2.05, 4.69) is 10.4 Å². The molecule has 0 fully saturated rings. The number of hydrogen-bond donors (Lipinski definition) is 0. The van der Waals surface area contributed by atoms with Crippen molar-refractivity contribution in [1.82, 2.24) is 4.37 Å². The first kappa shape index (κ1) is 15.3. The largest absolute Gasteiger partial charge is 0.443 e. The van der Waals surface area contributed by atoms with Gasteiger partial charge in [-0.25, -0.2) is 0 Å². The SMILES string of the molecule is Cc1cccc(-c2nsc(Oc3cc(C)ccc3C)c2C#N)c1. The zero-order chi connectivity index (χ0) is 16.4. The third kappa shape index (κ3) is 3.10. The van der Waals surface area contributed by atoms with E-state index in [-0.39, 0.29) is 0 Å². The smallest absolute Gasteiger partial charge is 0.218 e. The normalized spacial score (nSPS) is 10.3. The first-order valence-electron chi connectivity index (χ1n) is 7.30. The molecule has 4 heteroatoms. The highest BCUT2D eigenvalue weighted by molar-refractivity contribution is 7.08. The second kappa shape index (κ2) is 6.23. The van der Waals surface area contributed by atoms with Gasteiger partial charge in [-0.2, -0.15) is 9.64 Å². The van der Waals surface area contributed by atoms with Gasteiger partial charge >= 0.3 is 0 Å². The molecule has 0 N–H and O–H groups in total. The van der Waals surface area contributed by atoms with Gasteiger partial charge in [-0.05, 0) is 44.0 Å².